The predicted molar refractivity (Wildman–Crippen MR) is 226 cm³/mol. The molecule has 2 aromatic rings. The van der Waals surface area contributed by atoms with Gasteiger partial charge in [0.05, 0.1) is 64.3 Å². The normalized spacial score (nSPS) is 27.7. The third-order valence-electron chi connectivity index (χ3n) is 11.4. The van der Waals surface area contributed by atoms with Gasteiger partial charge in [0, 0.05) is 0 Å². The van der Waals surface area contributed by atoms with Gasteiger partial charge >= 0.3 is 23.9 Å². The number of rotatable bonds is 25. The van der Waals surface area contributed by atoms with Crippen LogP contribution in [0.25, 0.3) is 0 Å². The Morgan fingerprint density at radius 2 is 0.926 bits per heavy atom. The number of aromatic hydroxyl groups is 2. The van der Waals surface area contributed by atoms with Crippen molar-refractivity contribution in [2.75, 3.05) is 40.6 Å². The Morgan fingerprint density at radius 3 is 1.25 bits per heavy atom. The van der Waals surface area contributed by atoms with Crippen molar-refractivity contribution in [3.05, 3.63) is 47.5 Å². The van der Waals surface area contributed by atoms with Crippen molar-refractivity contribution in [1.29, 1.82) is 0 Å². The number of carboxylic acid groups (broad SMARTS) is 2. The molecule has 0 amide bonds. The highest BCUT2D eigenvalue weighted by molar-refractivity contribution is 5.74. The van der Waals surface area contributed by atoms with Crippen LogP contribution in [0.2, 0.25) is 0 Å². The fourth-order valence-corrected chi connectivity index (χ4v) is 7.70. The molecule has 24 nitrogen and oxygen atoms in total. The van der Waals surface area contributed by atoms with E-state index >= 15 is 0 Å². The number of phenols is 2. The summed E-state index contributed by atoms with van der Waals surface area (Å²) in [5.41, 5.74) is -2.84. The third-order valence-corrected chi connectivity index (χ3v) is 11.4. The Labute approximate surface area is 389 Å². The zero-order valence-electron chi connectivity index (χ0n) is 37.7. The van der Waals surface area contributed by atoms with E-state index in [1.165, 1.54) is 38.5 Å². The molecule has 382 valence electrons. The van der Waals surface area contributed by atoms with Crippen molar-refractivity contribution >= 4 is 23.9 Å². The van der Waals surface area contributed by atoms with Gasteiger partial charge in [0.25, 0.3) is 0 Å². The highest BCUT2D eigenvalue weighted by Crippen LogP contribution is 2.34. The smallest absolute Gasteiger partial charge is 0.308 e. The van der Waals surface area contributed by atoms with Gasteiger partial charge in [-0.25, -0.2) is 0 Å². The maximum atomic E-state index is 12.5. The molecule has 0 radical (unpaired) electrons. The van der Waals surface area contributed by atoms with Crippen LogP contribution in [0.5, 0.6) is 23.0 Å². The van der Waals surface area contributed by atoms with Crippen LogP contribution in [0.3, 0.4) is 0 Å². The van der Waals surface area contributed by atoms with Gasteiger partial charge in [-0.2, -0.15) is 0 Å². The number of benzene rings is 2. The SMILES string of the molecule is COc1cc(C[C@H](CO[C@@H]2O[C@H](COC(=O)C[C@](C)(O)CC(=O)O)[C@@H](O)[C@H](O)[C@H]2O)[C@@H](CO[C@@H]2O[C@H](COC(=O)C[C@](C)(O)CC(=O)O)[C@@H](O)[C@H](O)[C@H]2O)Cc2ccc(O)c(OC)c2)ccc1O. The van der Waals surface area contributed by atoms with Crippen LogP contribution >= 0.6 is 0 Å². The van der Waals surface area contributed by atoms with Gasteiger partial charge in [-0.3, -0.25) is 19.2 Å². The minimum Gasteiger partial charge on any atom is -0.504 e. The lowest BCUT2D eigenvalue weighted by Crippen LogP contribution is -2.60. The van der Waals surface area contributed by atoms with Crippen LogP contribution in [0.4, 0.5) is 0 Å². The number of hydrogen-bond donors (Lipinski definition) is 12. The third kappa shape index (κ3) is 16.1. The average Bonchev–Trinajstić information content (AvgIpc) is 3.25. The number of aliphatic hydroxyl groups excluding tert-OH is 6. The number of carbonyl (C=O) groups is 4. The van der Waals surface area contributed by atoms with Crippen LogP contribution in [0, 0.1) is 11.8 Å². The standard InChI is InChI=1S/C44H62O24/c1-43(59,13-31(47)48)15-33(51)63-19-29-35(53)37(55)39(57)41(67-29)65-17-23(9-21-5-7-25(45)27(11-21)61-3)24(10-22-6-8-26(46)28(12-22)62-4)18-66-42-40(58)38(56)36(54)30(68-42)20-64-34(52)16-44(2,60)14-32(49)50/h5-8,11-12,23-24,29-30,35-42,45-46,53-60H,9-10,13-20H2,1-4H3,(H,47,48)(H,49,50)/t23-,24-,29-,30-,35-,36-,37+,38+,39-,40-,41-,42-,43-,44-/m1/s1. The van der Waals surface area contributed by atoms with Crippen LogP contribution in [0.15, 0.2) is 36.4 Å². The largest absolute Gasteiger partial charge is 0.504 e. The monoisotopic (exact) mass is 974 g/mol. The number of phenolic OH excluding ortho intramolecular Hbond substituents is 2. The second kappa shape index (κ2) is 24.5. The Kier molecular flexibility index (Phi) is 20.1. The number of ether oxygens (including phenoxy) is 8. The molecule has 12 N–H and O–H groups in total. The van der Waals surface area contributed by atoms with Crippen molar-refractivity contribution < 1.29 is 118 Å². The first-order valence-electron chi connectivity index (χ1n) is 21.4. The lowest BCUT2D eigenvalue weighted by Gasteiger charge is -2.41. The Morgan fingerprint density at radius 1 is 0.574 bits per heavy atom. The van der Waals surface area contributed by atoms with E-state index in [1.54, 1.807) is 12.1 Å². The summed E-state index contributed by atoms with van der Waals surface area (Å²) >= 11 is 0. The van der Waals surface area contributed by atoms with E-state index in [0.29, 0.717) is 11.1 Å². The number of carbonyl (C=O) groups excluding carboxylic acids is 2. The summed E-state index contributed by atoms with van der Waals surface area (Å²) in [5, 5.41) is 125. The van der Waals surface area contributed by atoms with E-state index in [9.17, 15) is 70.2 Å². The maximum Gasteiger partial charge on any atom is 0.308 e. The molecule has 2 aromatic carbocycles. The fraction of sp³-hybridized carbons (Fsp3) is 0.636. The van der Waals surface area contributed by atoms with Crippen molar-refractivity contribution in [2.45, 2.75) is 125 Å². The van der Waals surface area contributed by atoms with E-state index in [1.807, 2.05) is 0 Å². The first kappa shape index (κ1) is 55.6. The summed E-state index contributed by atoms with van der Waals surface area (Å²) in [5.74, 6) is -6.56. The van der Waals surface area contributed by atoms with Gasteiger partial charge < -0.3 is 99.2 Å². The fourth-order valence-electron chi connectivity index (χ4n) is 7.70. The number of carboxylic acids is 2. The van der Waals surface area contributed by atoms with Gasteiger partial charge in [-0.1, -0.05) is 12.1 Å². The average molecular weight is 975 g/mol. The summed E-state index contributed by atoms with van der Waals surface area (Å²) < 4.78 is 44.6. The molecular formula is C44H62O24. The number of methoxy groups -OCH3 is 2. The van der Waals surface area contributed by atoms with E-state index < -0.39 is 147 Å². The zero-order valence-corrected chi connectivity index (χ0v) is 37.7. The van der Waals surface area contributed by atoms with Crippen molar-refractivity contribution in [1.82, 2.24) is 0 Å². The van der Waals surface area contributed by atoms with Gasteiger partial charge in [-0.15, -0.1) is 0 Å². The molecular weight excluding hydrogens is 912 g/mol. The van der Waals surface area contributed by atoms with Crippen molar-refractivity contribution in [3.63, 3.8) is 0 Å². The molecule has 24 heteroatoms. The Hall–Kier alpha value is -4.96. The molecule has 0 spiro atoms. The van der Waals surface area contributed by atoms with E-state index in [2.05, 4.69) is 0 Å². The predicted octanol–water partition coefficient (Wildman–Crippen LogP) is -1.90. The molecule has 2 fully saturated rings. The summed E-state index contributed by atoms with van der Waals surface area (Å²) in [4.78, 5) is 47.2. The number of aliphatic carboxylic acids is 2. The minimum atomic E-state index is -1.98. The van der Waals surface area contributed by atoms with Gasteiger partial charge in [0.1, 0.15) is 62.0 Å². The maximum absolute atomic E-state index is 12.5. The van der Waals surface area contributed by atoms with Crippen LogP contribution in [0.1, 0.15) is 50.7 Å². The van der Waals surface area contributed by atoms with Crippen LogP contribution < -0.4 is 9.47 Å². The molecule has 2 saturated heterocycles. The second-order valence-corrected chi connectivity index (χ2v) is 17.5. The molecule has 4 rings (SSSR count). The zero-order chi connectivity index (χ0) is 50.7. The van der Waals surface area contributed by atoms with Gasteiger partial charge in [0.15, 0.2) is 35.6 Å². The molecule has 0 aliphatic carbocycles. The lowest BCUT2D eigenvalue weighted by molar-refractivity contribution is -0.309. The van der Waals surface area contributed by atoms with E-state index in [0.717, 1.165) is 13.8 Å². The molecule has 68 heavy (non-hydrogen) atoms. The molecule has 2 aliphatic heterocycles. The molecule has 14 atom stereocenters. The first-order chi connectivity index (χ1) is 31.8. The summed E-state index contributed by atoms with van der Waals surface area (Å²) in [6.07, 6.45) is -20.5. The Balaban J connectivity index is 1.62. The Bertz CT molecular complexity index is 1850. The van der Waals surface area contributed by atoms with Gasteiger partial charge in [-0.05, 0) is 73.9 Å². The van der Waals surface area contributed by atoms with Gasteiger partial charge in [0.2, 0.25) is 0 Å². The molecule has 0 aromatic heterocycles. The van der Waals surface area contributed by atoms with E-state index in [-0.39, 0.29) is 49.1 Å². The van der Waals surface area contributed by atoms with Crippen LogP contribution in [-0.4, -0.2) is 198 Å². The number of hydrogen-bond acceptors (Lipinski definition) is 22. The highest BCUT2D eigenvalue weighted by Gasteiger charge is 2.47. The quantitative estimate of drug-likeness (QED) is 0.0483. The lowest BCUT2D eigenvalue weighted by atomic mass is 9.83. The number of aliphatic hydroxyl groups is 8. The van der Waals surface area contributed by atoms with Crippen molar-refractivity contribution in [3.8, 4) is 23.0 Å². The number of esters is 2. The van der Waals surface area contributed by atoms with Crippen molar-refractivity contribution in [2.24, 2.45) is 11.8 Å². The summed E-state index contributed by atoms with van der Waals surface area (Å²) in [7, 11) is 2.67. The molecule has 2 aliphatic rings. The highest BCUT2D eigenvalue weighted by atomic mass is 16.7. The minimum absolute atomic E-state index is 0.0742. The first-order valence-corrected chi connectivity index (χ1v) is 21.4. The van der Waals surface area contributed by atoms with E-state index in [4.69, 9.17) is 48.1 Å². The second-order valence-electron chi connectivity index (χ2n) is 17.5. The molecule has 2 heterocycles. The topological polar surface area (TPSA) is 385 Å². The molecule has 0 unspecified atom stereocenters. The molecule has 0 saturated carbocycles. The molecule has 0 bridgehead atoms. The summed E-state index contributed by atoms with van der Waals surface area (Å²) in [6, 6.07) is 8.98. The summed E-state index contributed by atoms with van der Waals surface area (Å²) in [6.45, 7) is 0.0502. The van der Waals surface area contributed by atoms with Crippen LogP contribution in [-0.2, 0) is 60.4 Å².